The lowest BCUT2D eigenvalue weighted by molar-refractivity contribution is -0.131. The minimum Gasteiger partial charge on any atom is -0.369 e. The van der Waals surface area contributed by atoms with Crippen molar-refractivity contribution in [3.63, 3.8) is 0 Å². The number of hydrogen-bond acceptors (Lipinski definition) is 5. The minimum atomic E-state index is -0.00759. The van der Waals surface area contributed by atoms with E-state index in [9.17, 15) is 4.79 Å². The molecule has 3 aliphatic heterocycles. The number of hydrogen-bond donors (Lipinski definition) is 1. The van der Waals surface area contributed by atoms with Gasteiger partial charge in [0.1, 0.15) is 0 Å². The number of halogens is 5. The molecule has 3 aliphatic rings. The van der Waals surface area contributed by atoms with Gasteiger partial charge in [-0.15, -0.1) is 49.0 Å². The van der Waals surface area contributed by atoms with Crippen LogP contribution in [0, 0.1) is 0 Å². The van der Waals surface area contributed by atoms with Crippen molar-refractivity contribution in [3.05, 3.63) is 28.2 Å². The molecule has 1 aromatic rings. The summed E-state index contributed by atoms with van der Waals surface area (Å²) in [6.45, 7) is 5.75. The predicted octanol–water partition coefficient (Wildman–Crippen LogP) is 3.64. The molecule has 3 heterocycles. The van der Waals surface area contributed by atoms with Crippen LogP contribution in [0.25, 0.3) is 0 Å². The Morgan fingerprint density at radius 1 is 1.03 bits per heavy atom. The van der Waals surface area contributed by atoms with Gasteiger partial charge in [0.15, 0.2) is 0 Å². The zero-order chi connectivity index (χ0) is 18.1. The first kappa shape index (κ1) is 27.2. The fourth-order valence-electron chi connectivity index (χ4n) is 4.02. The lowest BCUT2D eigenvalue weighted by Gasteiger charge is -2.39. The fraction of sp³-hybridized carbons (Fsp3) is 0.611. The summed E-state index contributed by atoms with van der Waals surface area (Å²) in [5.41, 5.74) is 1.13. The summed E-state index contributed by atoms with van der Waals surface area (Å²) in [6, 6.07) is 6.28. The number of rotatable bonds is 3. The summed E-state index contributed by atoms with van der Waals surface area (Å²) in [5.74, 6) is 2.20. The molecule has 0 aliphatic carbocycles. The number of nitrogens with zero attached hydrogens (tertiary/aromatic N) is 3. The van der Waals surface area contributed by atoms with Crippen molar-refractivity contribution < 1.29 is 4.79 Å². The molecule has 0 radical (unpaired) electrons. The van der Waals surface area contributed by atoms with Gasteiger partial charge in [0, 0.05) is 56.8 Å². The highest BCUT2D eigenvalue weighted by Gasteiger charge is 2.36. The summed E-state index contributed by atoms with van der Waals surface area (Å²) in [7, 11) is 0. The Balaban J connectivity index is 0.00000140. The van der Waals surface area contributed by atoms with Crippen LogP contribution < -0.4 is 10.2 Å². The van der Waals surface area contributed by atoms with E-state index in [-0.39, 0.29) is 49.2 Å². The molecule has 0 bridgehead atoms. The summed E-state index contributed by atoms with van der Waals surface area (Å²) >= 11 is 14.0. The van der Waals surface area contributed by atoms with Crippen LogP contribution in [0.1, 0.15) is 6.42 Å². The van der Waals surface area contributed by atoms with E-state index >= 15 is 0 Å². The maximum atomic E-state index is 12.6. The Morgan fingerprint density at radius 2 is 1.76 bits per heavy atom. The van der Waals surface area contributed by atoms with Crippen molar-refractivity contribution in [2.24, 2.45) is 0 Å². The van der Waals surface area contributed by atoms with Crippen LogP contribution in [0.5, 0.6) is 0 Å². The van der Waals surface area contributed by atoms with Crippen LogP contribution in [0.15, 0.2) is 18.2 Å². The minimum absolute atomic E-state index is 0. The molecular formula is C18H27Cl5N4OS. The van der Waals surface area contributed by atoms with E-state index in [1.807, 2.05) is 34.9 Å². The highest BCUT2D eigenvalue weighted by molar-refractivity contribution is 7.99. The van der Waals surface area contributed by atoms with E-state index in [0.717, 1.165) is 63.0 Å². The molecule has 29 heavy (non-hydrogen) atoms. The van der Waals surface area contributed by atoms with Crippen molar-refractivity contribution in [1.82, 2.24) is 15.1 Å². The number of carbonyl (C=O) groups is 1. The number of nitrogens with one attached hydrogen (secondary N) is 1. The summed E-state index contributed by atoms with van der Waals surface area (Å²) in [5, 5.41) is 4.65. The normalized spacial score (nSPS) is 24.5. The van der Waals surface area contributed by atoms with E-state index in [4.69, 9.17) is 23.2 Å². The molecule has 2 atom stereocenters. The third kappa shape index (κ3) is 6.36. The van der Waals surface area contributed by atoms with Crippen LogP contribution >= 0.6 is 72.2 Å². The second-order valence-corrected chi connectivity index (χ2v) is 9.00. The van der Waals surface area contributed by atoms with Gasteiger partial charge in [-0.05, 0) is 24.6 Å². The van der Waals surface area contributed by atoms with Crippen LogP contribution in [0.2, 0.25) is 10.0 Å². The van der Waals surface area contributed by atoms with E-state index in [1.165, 1.54) is 0 Å². The smallest absolute Gasteiger partial charge is 0.240 e. The third-order valence-electron chi connectivity index (χ3n) is 5.57. The van der Waals surface area contributed by atoms with Gasteiger partial charge < -0.3 is 15.1 Å². The van der Waals surface area contributed by atoms with Crippen molar-refractivity contribution in [1.29, 1.82) is 0 Å². The molecule has 11 heteroatoms. The van der Waals surface area contributed by atoms with Crippen molar-refractivity contribution in [3.8, 4) is 0 Å². The maximum Gasteiger partial charge on any atom is 0.240 e. The van der Waals surface area contributed by atoms with Gasteiger partial charge in [-0.3, -0.25) is 9.69 Å². The zero-order valence-corrected chi connectivity index (χ0v) is 20.7. The summed E-state index contributed by atoms with van der Waals surface area (Å²) in [4.78, 5) is 19.4. The SMILES string of the molecule is Cl.Cl.Cl.O=C([C@@H]1C[C@H](N2CCN(c3ccc(Cl)c(Cl)c3)CC2)CN1)N1CCSC1. The molecule has 0 unspecified atom stereocenters. The quantitative estimate of drug-likeness (QED) is 0.654. The highest BCUT2D eigenvalue weighted by Crippen LogP contribution is 2.28. The van der Waals surface area contributed by atoms with Gasteiger partial charge >= 0.3 is 0 Å². The fourth-order valence-corrected chi connectivity index (χ4v) is 5.27. The molecule has 166 valence electrons. The lowest BCUT2D eigenvalue weighted by Crippen LogP contribution is -2.51. The Bertz CT molecular complexity index is 672. The second-order valence-electron chi connectivity index (χ2n) is 7.11. The number of piperazine rings is 1. The topological polar surface area (TPSA) is 38.8 Å². The first-order chi connectivity index (χ1) is 12.6. The maximum absolute atomic E-state index is 12.6. The van der Waals surface area contributed by atoms with Gasteiger partial charge in [0.2, 0.25) is 5.91 Å². The van der Waals surface area contributed by atoms with Crippen LogP contribution in [-0.4, -0.2) is 78.7 Å². The molecule has 0 aromatic heterocycles. The molecular weight excluding hydrogens is 498 g/mol. The van der Waals surface area contributed by atoms with Crippen LogP contribution in [0.3, 0.4) is 0 Å². The van der Waals surface area contributed by atoms with Gasteiger partial charge in [-0.25, -0.2) is 0 Å². The van der Waals surface area contributed by atoms with Crippen molar-refractivity contribution >= 4 is 83.8 Å². The number of benzene rings is 1. The van der Waals surface area contributed by atoms with Crippen LogP contribution in [-0.2, 0) is 4.79 Å². The van der Waals surface area contributed by atoms with Crippen LogP contribution in [0.4, 0.5) is 5.69 Å². The Hall–Kier alpha value is 0.210. The number of anilines is 1. The molecule has 1 amide bonds. The number of amides is 1. The van der Waals surface area contributed by atoms with Gasteiger partial charge in [0.25, 0.3) is 0 Å². The molecule has 0 saturated carbocycles. The monoisotopic (exact) mass is 522 g/mol. The summed E-state index contributed by atoms with van der Waals surface area (Å²) < 4.78 is 0. The van der Waals surface area contributed by atoms with Gasteiger partial charge in [-0.1, -0.05) is 23.2 Å². The first-order valence-corrected chi connectivity index (χ1v) is 11.1. The third-order valence-corrected chi connectivity index (χ3v) is 7.27. The lowest BCUT2D eigenvalue weighted by atomic mass is 10.1. The average molecular weight is 525 g/mol. The van der Waals surface area contributed by atoms with E-state index in [1.54, 1.807) is 0 Å². The largest absolute Gasteiger partial charge is 0.369 e. The van der Waals surface area contributed by atoms with Gasteiger partial charge in [0.05, 0.1) is 22.0 Å². The number of thioether (sulfide) groups is 1. The average Bonchev–Trinajstić information content (AvgIpc) is 3.36. The molecule has 1 aromatic carbocycles. The molecule has 3 saturated heterocycles. The number of carbonyl (C=O) groups excluding carboxylic acids is 1. The zero-order valence-electron chi connectivity index (χ0n) is 15.9. The van der Waals surface area contributed by atoms with E-state index in [2.05, 4.69) is 15.1 Å². The molecule has 3 fully saturated rings. The molecule has 1 N–H and O–H groups in total. The Kier molecular flexibility index (Phi) is 11.6. The highest BCUT2D eigenvalue weighted by atomic mass is 35.5. The summed E-state index contributed by atoms with van der Waals surface area (Å²) in [6.07, 6.45) is 0.923. The van der Waals surface area contributed by atoms with E-state index in [0.29, 0.717) is 16.1 Å². The Labute approximate surface area is 205 Å². The van der Waals surface area contributed by atoms with Crippen molar-refractivity contribution in [2.75, 3.05) is 55.8 Å². The molecule has 0 spiro atoms. The predicted molar refractivity (Wildman–Crippen MR) is 131 cm³/mol. The van der Waals surface area contributed by atoms with Gasteiger partial charge in [-0.2, -0.15) is 0 Å². The van der Waals surface area contributed by atoms with Crippen molar-refractivity contribution in [2.45, 2.75) is 18.5 Å². The molecule has 5 nitrogen and oxygen atoms in total. The standard InChI is InChI=1S/C18H24Cl2N4OS.3ClH/c19-15-2-1-13(9-16(15)20)22-3-5-23(6-4-22)14-10-17(21-11-14)18(25)24-7-8-26-12-24;;;/h1-2,9,14,17,21H,3-8,10-12H2;3*1H/t14-,17-;;;/m0.../s1. The van der Waals surface area contributed by atoms with E-state index < -0.39 is 0 Å². The second kappa shape index (κ2) is 12.3. The Morgan fingerprint density at radius 3 is 2.38 bits per heavy atom. The molecule has 4 rings (SSSR count). The first-order valence-electron chi connectivity index (χ1n) is 9.16.